The van der Waals surface area contributed by atoms with Crippen LogP contribution in [0.5, 0.6) is 0 Å². The van der Waals surface area contributed by atoms with Crippen LogP contribution in [-0.4, -0.2) is 24.4 Å². The lowest BCUT2D eigenvalue weighted by atomic mass is 9.99. The van der Waals surface area contributed by atoms with Crippen molar-refractivity contribution in [1.29, 1.82) is 0 Å². The van der Waals surface area contributed by atoms with E-state index >= 15 is 0 Å². The van der Waals surface area contributed by atoms with Gasteiger partial charge >= 0.3 is 0 Å². The summed E-state index contributed by atoms with van der Waals surface area (Å²) in [5.74, 6) is -0.00962. The summed E-state index contributed by atoms with van der Waals surface area (Å²) >= 11 is 0. The molecule has 128 valence electrons. The Labute approximate surface area is 139 Å². The smallest absolute Gasteiger partial charge is 0.239 e. The lowest BCUT2D eigenvalue weighted by Gasteiger charge is -2.17. The summed E-state index contributed by atoms with van der Waals surface area (Å²) in [5, 5.41) is 5.44. The van der Waals surface area contributed by atoms with Gasteiger partial charge in [0.05, 0.1) is 18.6 Å². The van der Waals surface area contributed by atoms with Gasteiger partial charge < -0.3 is 16.4 Å². The van der Waals surface area contributed by atoms with Gasteiger partial charge in [0.15, 0.2) is 0 Å². The third-order valence-electron chi connectivity index (χ3n) is 3.92. The molecule has 1 rings (SSSR count). The molecule has 5 heteroatoms. The predicted molar refractivity (Wildman–Crippen MR) is 92.9 cm³/mol. The van der Waals surface area contributed by atoms with Crippen molar-refractivity contribution in [3.05, 3.63) is 35.4 Å². The number of nitrogens with one attached hydrogen (secondary N) is 2. The van der Waals surface area contributed by atoms with Crippen molar-refractivity contribution in [2.75, 3.05) is 6.54 Å². The highest BCUT2D eigenvalue weighted by atomic mass is 16.2. The van der Waals surface area contributed by atoms with Gasteiger partial charge in [0.1, 0.15) is 0 Å². The Morgan fingerprint density at radius 1 is 1.00 bits per heavy atom. The van der Waals surface area contributed by atoms with E-state index in [9.17, 15) is 9.59 Å². The fourth-order valence-corrected chi connectivity index (χ4v) is 2.13. The van der Waals surface area contributed by atoms with Gasteiger partial charge in [0, 0.05) is 0 Å². The van der Waals surface area contributed by atoms with Crippen molar-refractivity contribution >= 4 is 11.8 Å². The molecule has 1 unspecified atom stereocenters. The van der Waals surface area contributed by atoms with Crippen LogP contribution in [0.1, 0.15) is 57.7 Å². The normalized spacial score (nSPS) is 13.7. The van der Waals surface area contributed by atoms with Gasteiger partial charge in [-0.25, -0.2) is 0 Å². The van der Waals surface area contributed by atoms with Crippen LogP contribution in [-0.2, 0) is 9.59 Å². The second-order valence-electron chi connectivity index (χ2n) is 6.60. The Morgan fingerprint density at radius 2 is 1.52 bits per heavy atom. The molecule has 0 aliphatic heterocycles. The SMILES string of the molecule is CC(C)c1ccc(C(C)NC(=O)CNC(=O)[C@@H](N)C(C)C)cc1. The first kappa shape index (κ1) is 19.2. The summed E-state index contributed by atoms with van der Waals surface area (Å²) in [7, 11) is 0. The van der Waals surface area contributed by atoms with Gasteiger partial charge in [-0.1, -0.05) is 52.0 Å². The molecule has 0 fully saturated rings. The molecule has 0 bridgehead atoms. The Balaban J connectivity index is 2.49. The summed E-state index contributed by atoms with van der Waals surface area (Å²) < 4.78 is 0. The number of nitrogens with two attached hydrogens (primary N) is 1. The molecule has 4 N–H and O–H groups in total. The Bertz CT molecular complexity index is 524. The molecular weight excluding hydrogens is 290 g/mol. The molecule has 0 aromatic heterocycles. The van der Waals surface area contributed by atoms with Crippen LogP contribution in [0, 0.1) is 5.92 Å². The highest BCUT2D eigenvalue weighted by molar-refractivity contribution is 5.87. The van der Waals surface area contributed by atoms with Gasteiger partial charge in [-0.2, -0.15) is 0 Å². The minimum absolute atomic E-state index is 0.0384. The van der Waals surface area contributed by atoms with Crippen LogP contribution in [0.15, 0.2) is 24.3 Å². The predicted octanol–water partition coefficient (Wildman–Crippen LogP) is 2.09. The molecule has 2 amide bonds. The third kappa shape index (κ3) is 6.02. The van der Waals surface area contributed by atoms with E-state index in [-0.39, 0.29) is 30.3 Å². The van der Waals surface area contributed by atoms with Gasteiger partial charge in [-0.05, 0) is 29.9 Å². The van der Waals surface area contributed by atoms with E-state index in [0.29, 0.717) is 5.92 Å². The summed E-state index contributed by atoms with van der Waals surface area (Å²) in [6, 6.07) is 7.49. The molecule has 0 heterocycles. The van der Waals surface area contributed by atoms with E-state index in [2.05, 4.69) is 36.6 Å². The van der Waals surface area contributed by atoms with Crippen LogP contribution in [0.25, 0.3) is 0 Å². The first-order valence-corrected chi connectivity index (χ1v) is 8.14. The molecular formula is C18H29N3O2. The second kappa shape index (κ2) is 8.67. The van der Waals surface area contributed by atoms with E-state index in [4.69, 9.17) is 5.73 Å². The quantitative estimate of drug-likeness (QED) is 0.719. The maximum absolute atomic E-state index is 11.9. The second-order valence-corrected chi connectivity index (χ2v) is 6.60. The number of carbonyl (C=O) groups is 2. The first-order chi connectivity index (χ1) is 10.7. The van der Waals surface area contributed by atoms with Crippen molar-refractivity contribution in [3.8, 4) is 0 Å². The fraction of sp³-hybridized carbons (Fsp3) is 0.556. The van der Waals surface area contributed by atoms with E-state index in [1.807, 2.05) is 32.9 Å². The molecule has 2 atom stereocenters. The minimum Gasteiger partial charge on any atom is -0.348 e. The van der Waals surface area contributed by atoms with Crippen molar-refractivity contribution in [1.82, 2.24) is 10.6 Å². The maximum atomic E-state index is 11.9. The van der Waals surface area contributed by atoms with Crippen molar-refractivity contribution < 1.29 is 9.59 Å². The van der Waals surface area contributed by atoms with Crippen molar-refractivity contribution in [2.24, 2.45) is 11.7 Å². The van der Waals surface area contributed by atoms with E-state index in [0.717, 1.165) is 5.56 Å². The molecule has 5 nitrogen and oxygen atoms in total. The zero-order valence-electron chi connectivity index (χ0n) is 14.7. The number of hydrogen-bond donors (Lipinski definition) is 3. The number of amides is 2. The lowest BCUT2D eigenvalue weighted by Crippen LogP contribution is -2.47. The van der Waals surface area contributed by atoms with Gasteiger partial charge in [-0.3, -0.25) is 9.59 Å². The summed E-state index contributed by atoms with van der Waals surface area (Å²) in [6.07, 6.45) is 0. The highest BCUT2D eigenvalue weighted by Gasteiger charge is 2.18. The largest absolute Gasteiger partial charge is 0.348 e. The number of hydrogen-bond acceptors (Lipinski definition) is 3. The van der Waals surface area contributed by atoms with Crippen LogP contribution in [0.3, 0.4) is 0 Å². The first-order valence-electron chi connectivity index (χ1n) is 8.14. The Hall–Kier alpha value is -1.88. The fourth-order valence-electron chi connectivity index (χ4n) is 2.13. The van der Waals surface area contributed by atoms with Gasteiger partial charge in [0.2, 0.25) is 11.8 Å². The topological polar surface area (TPSA) is 84.2 Å². The van der Waals surface area contributed by atoms with Crippen LogP contribution < -0.4 is 16.4 Å². The molecule has 0 saturated carbocycles. The summed E-state index contributed by atoms with van der Waals surface area (Å²) in [6.45, 7) is 9.88. The maximum Gasteiger partial charge on any atom is 0.239 e. The zero-order valence-corrected chi connectivity index (χ0v) is 14.7. The third-order valence-corrected chi connectivity index (χ3v) is 3.92. The molecule has 0 saturated heterocycles. The molecule has 23 heavy (non-hydrogen) atoms. The van der Waals surface area contributed by atoms with Crippen LogP contribution >= 0.6 is 0 Å². The van der Waals surface area contributed by atoms with E-state index < -0.39 is 6.04 Å². The Kier molecular flexibility index (Phi) is 7.23. The standard InChI is InChI=1S/C18H29N3O2/c1-11(2)14-6-8-15(9-7-14)13(5)21-16(22)10-20-18(23)17(19)12(3)4/h6-9,11-13,17H,10,19H2,1-5H3,(H,20,23)(H,21,22)/t13?,17-/m0/s1. The molecule has 1 aromatic carbocycles. The molecule has 0 aliphatic carbocycles. The lowest BCUT2D eigenvalue weighted by molar-refractivity contribution is -0.127. The molecule has 1 aromatic rings. The molecule has 0 spiro atoms. The number of rotatable bonds is 7. The molecule has 0 aliphatic rings. The van der Waals surface area contributed by atoms with Gasteiger partial charge in [-0.15, -0.1) is 0 Å². The molecule has 0 radical (unpaired) electrons. The van der Waals surface area contributed by atoms with Crippen LogP contribution in [0.4, 0.5) is 0 Å². The summed E-state index contributed by atoms with van der Waals surface area (Å²) in [5.41, 5.74) is 8.03. The average molecular weight is 319 g/mol. The van der Waals surface area contributed by atoms with E-state index in [1.165, 1.54) is 5.56 Å². The average Bonchev–Trinajstić information content (AvgIpc) is 2.51. The van der Waals surface area contributed by atoms with Crippen molar-refractivity contribution in [3.63, 3.8) is 0 Å². The number of carbonyl (C=O) groups excluding carboxylic acids is 2. The van der Waals surface area contributed by atoms with Crippen molar-refractivity contribution in [2.45, 2.75) is 52.6 Å². The van der Waals surface area contributed by atoms with E-state index in [1.54, 1.807) is 0 Å². The van der Waals surface area contributed by atoms with Gasteiger partial charge in [0.25, 0.3) is 0 Å². The number of benzene rings is 1. The monoisotopic (exact) mass is 319 g/mol. The highest BCUT2D eigenvalue weighted by Crippen LogP contribution is 2.18. The summed E-state index contributed by atoms with van der Waals surface area (Å²) in [4.78, 5) is 23.7. The van der Waals surface area contributed by atoms with Crippen LogP contribution in [0.2, 0.25) is 0 Å². The minimum atomic E-state index is -0.594. The Morgan fingerprint density at radius 3 is 2.00 bits per heavy atom. The zero-order chi connectivity index (χ0) is 17.6.